The van der Waals surface area contributed by atoms with Gasteiger partial charge in [0.15, 0.2) is 6.04 Å². The molecule has 3 atom stereocenters. The molecular weight excluding hydrogens is 280 g/mol. The molecule has 0 bridgehead atoms. The molecular formula is C12H24N4O5. The van der Waals surface area contributed by atoms with E-state index in [9.17, 15) is 19.5 Å². The lowest BCUT2D eigenvalue weighted by Crippen LogP contribution is -2.51. The third kappa shape index (κ3) is 8.23. The molecule has 9 heteroatoms. The lowest BCUT2D eigenvalue weighted by atomic mass is 10.1. The summed E-state index contributed by atoms with van der Waals surface area (Å²) in [5.41, 5.74) is 10.9. The SMILES string of the molecule is C[C@@H](O)[C@H](NC(=O)CNC(=O)[C@@H](N)CCCCN)C(=O)O. The van der Waals surface area contributed by atoms with Crippen molar-refractivity contribution in [2.45, 2.75) is 44.4 Å². The molecule has 0 rings (SSSR count). The third-order valence-electron chi connectivity index (χ3n) is 2.79. The Morgan fingerprint density at radius 1 is 1.24 bits per heavy atom. The predicted octanol–water partition coefficient (Wildman–Crippen LogP) is -2.49. The van der Waals surface area contributed by atoms with Crippen molar-refractivity contribution >= 4 is 17.8 Å². The van der Waals surface area contributed by atoms with Gasteiger partial charge in [0.25, 0.3) is 0 Å². The van der Waals surface area contributed by atoms with Crippen LogP contribution in [-0.2, 0) is 14.4 Å². The van der Waals surface area contributed by atoms with Gasteiger partial charge in [0.2, 0.25) is 11.8 Å². The summed E-state index contributed by atoms with van der Waals surface area (Å²) in [6, 6.07) is -2.16. The summed E-state index contributed by atoms with van der Waals surface area (Å²) in [6.07, 6.45) is 0.674. The maximum atomic E-state index is 11.6. The molecule has 2 amide bonds. The highest BCUT2D eigenvalue weighted by molar-refractivity contribution is 5.89. The Labute approximate surface area is 123 Å². The first-order chi connectivity index (χ1) is 9.79. The van der Waals surface area contributed by atoms with Crippen LogP contribution in [0.5, 0.6) is 0 Å². The first-order valence-corrected chi connectivity index (χ1v) is 6.73. The normalized spacial score (nSPS) is 14.9. The maximum Gasteiger partial charge on any atom is 0.328 e. The van der Waals surface area contributed by atoms with Crippen LogP contribution >= 0.6 is 0 Å². The van der Waals surface area contributed by atoms with Crippen molar-refractivity contribution in [1.82, 2.24) is 10.6 Å². The van der Waals surface area contributed by atoms with E-state index >= 15 is 0 Å². The van der Waals surface area contributed by atoms with Gasteiger partial charge in [0.05, 0.1) is 18.7 Å². The zero-order valence-electron chi connectivity index (χ0n) is 12.0. The molecule has 9 nitrogen and oxygen atoms in total. The number of aliphatic carboxylic acids is 1. The van der Waals surface area contributed by atoms with Crippen LogP contribution in [0.25, 0.3) is 0 Å². The highest BCUT2D eigenvalue weighted by atomic mass is 16.4. The van der Waals surface area contributed by atoms with E-state index in [4.69, 9.17) is 16.6 Å². The van der Waals surface area contributed by atoms with Crippen molar-refractivity contribution in [1.29, 1.82) is 0 Å². The molecule has 0 heterocycles. The van der Waals surface area contributed by atoms with Crippen LogP contribution in [0.3, 0.4) is 0 Å². The molecule has 21 heavy (non-hydrogen) atoms. The standard InChI is InChI=1S/C12H24N4O5/c1-7(17)10(12(20)21)16-9(18)6-15-11(19)8(14)4-2-3-5-13/h7-8,10,17H,2-6,13-14H2,1H3,(H,15,19)(H,16,18)(H,20,21)/t7-,8+,10+/m1/s1. The summed E-state index contributed by atoms with van der Waals surface area (Å²) >= 11 is 0. The summed E-state index contributed by atoms with van der Waals surface area (Å²) in [6.45, 7) is 1.36. The van der Waals surface area contributed by atoms with Crippen LogP contribution < -0.4 is 22.1 Å². The molecule has 0 saturated carbocycles. The minimum Gasteiger partial charge on any atom is -0.480 e. The van der Waals surface area contributed by atoms with Gasteiger partial charge < -0.3 is 32.3 Å². The summed E-state index contributed by atoms with van der Waals surface area (Å²) in [4.78, 5) is 33.9. The first-order valence-electron chi connectivity index (χ1n) is 6.73. The van der Waals surface area contributed by atoms with Crippen molar-refractivity contribution in [3.63, 3.8) is 0 Å². The summed E-state index contributed by atoms with van der Waals surface area (Å²) in [5, 5.41) is 22.4. The van der Waals surface area contributed by atoms with E-state index in [2.05, 4.69) is 10.6 Å². The van der Waals surface area contributed by atoms with Crippen molar-refractivity contribution in [2.75, 3.05) is 13.1 Å². The Morgan fingerprint density at radius 3 is 2.33 bits per heavy atom. The second kappa shape index (κ2) is 10.1. The number of carbonyl (C=O) groups is 3. The van der Waals surface area contributed by atoms with Crippen LogP contribution in [-0.4, -0.2) is 59.3 Å². The number of hydrogen-bond acceptors (Lipinski definition) is 6. The van der Waals surface area contributed by atoms with Crippen LogP contribution in [0.4, 0.5) is 0 Å². The summed E-state index contributed by atoms with van der Waals surface area (Å²) in [5.74, 6) is -2.57. The number of rotatable bonds is 10. The second-order valence-corrected chi connectivity index (χ2v) is 4.73. The zero-order chi connectivity index (χ0) is 16.4. The highest BCUT2D eigenvalue weighted by Gasteiger charge is 2.25. The molecule has 0 radical (unpaired) electrons. The number of aliphatic hydroxyl groups excluding tert-OH is 1. The predicted molar refractivity (Wildman–Crippen MR) is 75.1 cm³/mol. The number of carboxylic acids is 1. The van der Waals surface area contributed by atoms with E-state index in [0.717, 1.165) is 6.42 Å². The van der Waals surface area contributed by atoms with Gasteiger partial charge in [0, 0.05) is 0 Å². The van der Waals surface area contributed by atoms with E-state index in [0.29, 0.717) is 19.4 Å². The Morgan fingerprint density at radius 2 is 1.86 bits per heavy atom. The van der Waals surface area contributed by atoms with E-state index in [1.807, 2.05) is 0 Å². The smallest absolute Gasteiger partial charge is 0.328 e. The average molecular weight is 304 g/mol. The van der Waals surface area contributed by atoms with Gasteiger partial charge in [-0.3, -0.25) is 9.59 Å². The van der Waals surface area contributed by atoms with Gasteiger partial charge in [-0.25, -0.2) is 4.79 Å². The number of nitrogens with two attached hydrogens (primary N) is 2. The highest BCUT2D eigenvalue weighted by Crippen LogP contribution is 1.98. The van der Waals surface area contributed by atoms with Crippen LogP contribution in [0, 0.1) is 0 Å². The lowest BCUT2D eigenvalue weighted by Gasteiger charge is -2.17. The molecule has 0 aliphatic carbocycles. The molecule has 0 aromatic carbocycles. The number of nitrogens with one attached hydrogen (secondary N) is 2. The quantitative estimate of drug-likeness (QED) is 0.243. The molecule has 0 fully saturated rings. The monoisotopic (exact) mass is 304 g/mol. The maximum absolute atomic E-state index is 11.6. The van der Waals surface area contributed by atoms with Gasteiger partial charge in [-0.1, -0.05) is 6.42 Å². The Kier molecular flexibility index (Phi) is 9.26. The minimum atomic E-state index is -1.42. The first kappa shape index (κ1) is 19.3. The number of hydrogen-bond donors (Lipinski definition) is 6. The van der Waals surface area contributed by atoms with Crippen LogP contribution in [0.15, 0.2) is 0 Å². The van der Waals surface area contributed by atoms with Crippen LogP contribution in [0.2, 0.25) is 0 Å². The van der Waals surface area contributed by atoms with E-state index in [-0.39, 0.29) is 0 Å². The fourth-order valence-electron chi connectivity index (χ4n) is 1.55. The molecule has 0 aromatic rings. The Bertz CT molecular complexity index is 362. The minimum absolute atomic E-state index is 0.403. The number of unbranched alkanes of at least 4 members (excludes halogenated alkanes) is 1. The molecule has 0 unspecified atom stereocenters. The number of carbonyl (C=O) groups excluding carboxylic acids is 2. The molecule has 0 aliphatic heterocycles. The summed E-state index contributed by atoms with van der Waals surface area (Å²) < 4.78 is 0. The van der Waals surface area contributed by atoms with Gasteiger partial charge in [0.1, 0.15) is 0 Å². The van der Waals surface area contributed by atoms with Crippen molar-refractivity contribution in [3.8, 4) is 0 Å². The fourth-order valence-corrected chi connectivity index (χ4v) is 1.55. The average Bonchev–Trinajstić information content (AvgIpc) is 2.41. The van der Waals surface area contributed by atoms with Crippen molar-refractivity contribution < 1.29 is 24.6 Å². The van der Waals surface area contributed by atoms with Crippen molar-refractivity contribution in [2.24, 2.45) is 11.5 Å². The molecule has 8 N–H and O–H groups in total. The van der Waals surface area contributed by atoms with Gasteiger partial charge >= 0.3 is 5.97 Å². The molecule has 122 valence electrons. The number of amides is 2. The molecule has 0 aromatic heterocycles. The van der Waals surface area contributed by atoms with E-state index in [1.165, 1.54) is 6.92 Å². The number of carboxylic acid groups (broad SMARTS) is 1. The second-order valence-electron chi connectivity index (χ2n) is 4.73. The van der Waals surface area contributed by atoms with Gasteiger partial charge in [-0.15, -0.1) is 0 Å². The molecule has 0 spiro atoms. The van der Waals surface area contributed by atoms with E-state index < -0.39 is 42.5 Å². The van der Waals surface area contributed by atoms with Gasteiger partial charge in [-0.05, 0) is 26.3 Å². The summed E-state index contributed by atoms with van der Waals surface area (Å²) in [7, 11) is 0. The van der Waals surface area contributed by atoms with E-state index in [1.54, 1.807) is 0 Å². The topological polar surface area (TPSA) is 168 Å². The number of aliphatic hydroxyl groups is 1. The largest absolute Gasteiger partial charge is 0.480 e. The Hall–Kier alpha value is -1.71. The van der Waals surface area contributed by atoms with Gasteiger partial charge in [-0.2, -0.15) is 0 Å². The molecule has 0 saturated heterocycles. The Balaban J connectivity index is 4.11. The van der Waals surface area contributed by atoms with Crippen molar-refractivity contribution in [3.05, 3.63) is 0 Å². The fraction of sp³-hybridized carbons (Fsp3) is 0.750. The third-order valence-corrected chi connectivity index (χ3v) is 2.79. The molecule has 0 aliphatic rings. The lowest BCUT2D eigenvalue weighted by molar-refractivity contribution is -0.144. The van der Waals surface area contributed by atoms with Crippen LogP contribution in [0.1, 0.15) is 26.2 Å². The zero-order valence-corrected chi connectivity index (χ0v) is 12.0.